The Kier molecular flexibility index (Phi) is 3.40. The molecule has 7 heteroatoms. The Labute approximate surface area is 105 Å². The fourth-order valence-electron chi connectivity index (χ4n) is 1.68. The minimum Gasteiger partial charge on any atom is -0.372 e. The molecule has 1 aromatic rings. The zero-order valence-electron chi connectivity index (χ0n) is 10.4. The van der Waals surface area contributed by atoms with E-state index >= 15 is 0 Å². The third kappa shape index (κ3) is 2.39. The van der Waals surface area contributed by atoms with Crippen LogP contribution in [-0.4, -0.2) is 65.3 Å². The summed E-state index contributed by atoms with van der Waals surface area (Å²) in [7, 11) is 3.43. The number of likely N-dealkylation sites (N-methyl/N-ethyl adjacent to an activating group) is 1. The van der Waals surface area contributed by atoms with E-state index in [1.54, 1.807) is 19.0 Å². The summed E-state index contributed by atoms with van der Waals surface area (Å²) in [6, 6.07) is 0. The van der Waals surface area contributed by atoms with Crippen LogP contribution in [0, 0.1) is 0 Å². The maximum Gasteiger partial charge on any atom is 0.274 e. The van der Waals surface area contributed by atoms with Gasteiger partial charge >= 0.3 is 0 Å². The van der Waals surface area contributed by atoms with Gasteiger partial charge in [0.15, 0.2) is 0 Å². The van der Waals surface area contributed by atoms with Crippen molar-refractivity contribution in [3.63, 3.8) is 0 Å². The zero-order chi connectivity index (χ0) is 13.1. The molecular formula is C11H15N5O2. The molecule has 96 valence electrons. The van der Waals surface area contributed by atoms with E-state index in [-0.39, 0.29) is 24.1 Å². The molecule has 0 saturated carbocycles. The Bertz CT molecular complexity index is 476. The average Bonchev–Trinajstić information content (AvgIpc) is 2.41. The molecule has 1 saturated heterocycles. The first kappa shape index (κ1) is 12.3. The average molecular weight is 249 g/mol. The van der Waals surface area contributed by atoms with Crippen molar-refractivity contribution in [2.24, 2.45) is 0 Å². The highest BCUT2D eigenvalue weighted by molar-refractivity contribution is 5.95. The lowest BCUT2D eigenvalue weighted by Gasteiger charge is -2.31. The summed E-state index contributed by atoms with van der Waals surface area (Å²) in [4.78, 5) is 34.9. The normalized spacial score (nSPS) is 15.8. The third-order valence-electron chi connectivity index (χ3n) is 2.85. The first-order chi connectivity index (χ1) is 8.61. The van der Waals surface area contributed by atoms with E-state index in [2.05, 4.69) is 15.3 Å². The summed E-state index contributed by atoms with van der Waals surface area (Å²) in [5.41, 5.74) is 0.249. The number of nitrogens with one attached hydrogen (secondary N) is 1. The molecule has 1 aliphatic heterocycles. The molecule has 1 N–H and O–H groups in total. The van der Waals surface area contributed by atoms with Crippen LogP contribution >= 0.6 is 0 Å². The zero-order valence-corrected chi connectivity index (χ0v) is 10.4. The highest BCUT2D eigenvalue weighted by Gasteiger charge is 2.26. The molecule has 0 aromatic carbocycles. The van der Waals surface area contributed by atoms with E-state index in [0.717, 1.165) is 0 Å². The van der Waals surface area contributed by atoms with Gasteiger partial charge in [0.2, 0.25) is 5.91 Å². The summed E-state index contributed by atoms with van der Waals surface area (Å²) < 4.78 is 0. The number of anilines is 1. The predicted octanol–water partition coefficient (Wildman–Crippen LogP) is -0.567. The largest absolute Gasteiger partial charge is 0.372 e. The van der Waals surface area contributed by atoms with Gasteiger partial charge in [0.25, 0.3) is 5.91 Å². The second-order valence-electron chi connectivity index (χ2n) is 4.08. The fourth-order valence-corrected chi connectivity index (χ4v) is 1.68. The Balaban J connectivity index is 2.13. The molecule has 7 nitrogen and oxygen atoms in total. The number of rotatable bonds is 2. The van der Waals surface area contributed by atoms with Crippen LogP contribution in [0.3, 0.4) is 0 Å². The third-order valence-corrected chi connectivity index (χ3v) is 2.85. The van der Waals surface area contributed by atoms with E-state index in [9.17, 15) is 9.59 Å². The first-order valence-electron chi connectivity index (χ1n) is 5.65. The molecule has 1 fully saturated rings. The van der Waals surface area contributed by atoms with Crippen molar-refractivity contribution in [1.29, 1.82) is 0 Å². The van der Waals surface area contributed by atoms with Gasteiger partial charge in [-0.3, -0.25) is 14.6 Å². The van der Waals surface area contributed by atoms with Gasteiger partial charge in [-0.2, -0.15) is 0 Å². The van der Waals surface area contributed by atoms with Gasteiger partial charge in [0.05, 0.1) is 12.4 Å². The van der Waals surface area contributed by atoms with E-state index in [4.69, 9.17) is 0 Å². The summed E-state index contributed by atoms with van der Waals surface area (Å²) in [5, 5.41) is 2.82. The summed E-state index contributed by atoms with van der Waals surface area (Å²) in [5.74, 6) is 0.203. The number of hydrogen-bond acceptors (Lipinski definition) is 5. The molecule has 1 aromatic heterocycles. The van der Waals surface area contributed by atoms with Crippen LogP contribution < -0.4 is 5.32 Å². The number of amides is 2. The van der Waals surface area contributed by atoms with Crippen LogP contribution in [0.5, 0.6) is 0 Å². The summed E-state index contributed by atoms with van der Waals surface area (Å²) >= 11 is 0. The molecule has 0 spiro atoms. The van der Waals surface area contributed by atoms with E-state index in [1.807, 2.05) is 0 Å². The van der Waals surface area contributed by atoms with Crippen molar-refractivity contribution in [3.05, 3.63) is 18.1 Å². The van der Waals surface area contributed by atoms with Gasteiger partial charge in [0, 0.05) is 27.2 Å². The van der Waals surface area contributed by atoms with Gasteiger partial charge in [-0.05, 0) is 0 Å². The van der Waals surface area contributed by atoms with Crippen molar-refractivity contribution in [3.8, 4) is 0 Å². The monoisotopic (exact) mass is 249 g/mol. The smallest absolute Gasteiger partial charge is 0.274 e. The lowest BCUT2D eigenvalue weighted by Crippen LogP contribution is -2.50. The molecule has 2 heterocycles. The van der Waals surface area contributed by atoms with Gasteiger partial charge in [-0.25, -0.2) is 4.98 Å². The maximum atomic E-state index is 12.1. The Morgan fingerprint density at radius 1 is 1.39 bits per heavy atom. The molecule has 18 heavy (non-hydrogen) atoms. The molecule has 2 amide bonds. The van der Waals surface area contributed by atoms with Crippen molar-refractivity contribution in [2.45, 2.75) is 0 Å². The van der Waals surface area contributed by atoms with Gasteiger partial charge in [0.1, 0.15) is 18.1 Å². The Morgan fingerprint density at radius 2 is 2.17 bits per heavy atom. The van der Waals surface area contributed by atoms with Crippen LogP contribution in [-0.2, 0) is 4.79 Å². The highest BCUT2D eigenvalue weighted by Crippen LogP contribution is 2.08. The van der Waals surface area contributed by atoms with Crippen LogP contribution in [0.15, 0.2) is 12.4 Å². The van der Waals surface area contributed by atoms with Crippen molar-refractivity contribution in [2.75, 3.05) is 39.0 Å². The lowest BCUT2D eigenvalue weighted by molar-refractivity contribution is -0.133. The highest BCUT2D eigenvalue weighted by atomic mass is 16.2. The minimum absolute atomic E-state index is 0.0627. The number of piperazine rings is 1. The van der Waals surface area contributed by atoms with Crippen molar-refractivity contribution < 1.29 is 9.59 Å². The number of nitrogens with zero attached hydrogens (tertiary/aromatic N) is 4. The second-order valence-corrected chi connectivity index (χ2v) is 4.08. The molecule has 0 bridgehead atoms. The molecule has 0 radical (unpaired) electrons. The number of aromatic nitrogens is 2. The fraction of sp³-hybridized carbons (Fsp3) is 0.455. The standard InChI is InChI=1S/C11H15N5O2/c1-12-9-6-13-5-8(14-9)11(18)16-4-3-15(2)10(17)7-16/h5-6H,3-4,7H2,1-2H3,(H,12,14). The van der Waals surface area contributed by atoms with E-state index in [1.165, 1.54) is 17.3 Å². The Morgan fingerprint density at radius 3 is 2.83 bits per heavy atom. The van der Waals surface area contributed by atoms with Gasteiger partial charge < -0.3 is 15.1 Å². The van der Waals surface area contributed by atoms with E-state index in [0.29, 0.717) is 18.9 Å². The maximum absolute atomic E-state index is 12.1. The molecule has 0 unspecified atom stereocenters. The molecule has 1 aliphatic rings. The summed E-state index contributed by atoms with van der Waals surface area (Å²) in [6.07, 6.45) is 2.94. The minimum atomic E-state index is -0.263. The van der Waals surface area contributed by atoms with Crippen LogP contribution in [0.25, 0.3) is 0 Å². The molecule has 0 atom stereocenters. The number of hydrogen-bond donors (Lipinski definition) is 1. The number of carbonyl (C=O) groups is 2. The van der Waals surface area contributed by atoms with Crippen molar-refractivity contribution in [1.82, 2.24) is 19.8 Å². The molecule has 2 rings (SSSR count). The van der Waals surface area contributed by atoms with E-state index < -0.39 is 0 Å². The van der Waals surface area contributed by atoms with Crippen LogP contribution in [0.4, 0.5) is 5.82 Å². The van der Waals surface area contributed by atoms with Crippen molar-refractivity contribution >= 4 is 17.6 Å². The quantitative estimate of drug-likeness (QED) is 0.759. The predicted molar refractivity (Wildman–Crippen MR) is 65.1 cm³/mol. The Hall–Kier alpha value is -2.18. The molecular weight excluding hydrogens is 234 g/mol. The van der Waals surface area contributed by atoms with Crippen LogP contribution in [0.1, 0.15) is 10.5 Å². The van der Waals surface area contributed by atoms with Gasteiger partial charge in [-0.1, -0.05) is 0 Å². The first-order valence-corrected chi connectivity index (χ1v) is 5.65. The number of carbonyl (C=O) groups excluding carboxylic acids is 2. The lowest BCUT2D eigenvalue weighted by atomic mass is 10.3. The SMILES string of the molecule is CNc1cncc(C(=O)N2CCN(C)C(=O)C2)n1. The summed E-state index contributed by atoms with van der Waals surface area (Å²) in [6.45, 7) is 1.16. The van der Waals surface area contributed by atoms with Crippen LogP contribution in [0.2, 0.25) is 0 Å². The molecule has 0 aliphatic carbocycles. The second kappa shape index (κ2) is 4.99. The topological polar surface area (TPSA) is 78.4 Å². The van der Waals surface area contributed by atoms with Gasteiger partial charge in [-0.15, -0.1) is 0 Å².